The van der Waals surface area contributed by atoms with E-state index in [0.717, 1.165) is 0 Å². The molecule has 0 aliphatic carbocycles. The van der Waals surface area contributed by atoms with Crippen LogP contribution >= 0.6 is 12.4 Å². The highest BCUT2D eigenvalue weighted by Crippen LogP contribution is 1.97. The van der Waals surface area contributed by atoms with E-state index in [1.165, 1.54) is 14.0 Å². The molecule has 0 rings (SSSR count). The van der Waals surface area contributed by atoms with Gasteiger partial charge in [-0.3, -0.25) is 9.59 Å². The largest absolute Gasteiger partial charge is 0.468 e. The Balaban J connectivity index is 0. The molecule has 0 radical (unpaired) electrons. The number of esters is 1. The van der Waals surface area contributed by atoms with Crippen molar-refractivity contribution in [1.29, 1.82) is 0 Å². The molecule has 0 aliphatic rings. The third-order valence-corrected chi connectivity index (χ3v) is 1.24. The average molecular weight is 182 g/mol. The molecule has 0 aliphatic heterocycles. The Labute approximate surface area is 71.5 Å². The Morgan fingerprint density at radius 2 is 2.00 bits per heavy atom. The summed E-state index contributed by atoms with van der Waals surface area (Å²) >= 11 is 0. The lowest BCUT2D eigenvalue weighted by atomic mass is 10.1. The van der Waals surface area contributed by atoms with E-state index in [1.807, 2.05) is 0 Å². The number of halogens is 1. The van der Waals surface area contributed by atoms with Gasteiger partial charge in [-0.05, 0) is 6.92 Å². The van der Waals surface area contributed by atoms with Crippen molar-refractivity contribution in [3.8, 4) is 0 Å². The number of nitrogens with two attached hydrogens (primary N) is 1. The molecule has 0 saturated heterocycles. The molecule has 5 heteroatoms. The molecular weight excluding hydrogens is 170 g/mol. The van der Waals surface area contributed by atoms with Gasteiger partial charge in [-0.15, -0.1) is 12.4 Å². The zero-order valence-electron chi connectivity index (χ0n) is 6.49. The average Bonchev–Trinajstić information content (AvgIpc) is 2.00. The number of carbonyl (C=O) groups excluding carboxylic acids is 2. The number of hydrogen-bond donors (Lipinski definition) is 1. The molecule has 0 aromatic rings. The van der Waals surface area contributed by atoms with Crippen molar-refractivity contribution in [2.75, 3.05) is 13.7 Å². The van der Waals surface area contributed by atoms with E-state index in [0.29, 0.717) is 0 Å². The number of methoxy groups -OCH3 is 1. The van der Waals surface area contributed by atoms with Crippen LogP contribution in [0.1, 0.15) is 6.92 Å². The summed E-state index contributed by atoms with van der Waals surface area (Å²) < 4.78 is 4.32. The summed E-state index contributed by atoms with van der Waals surface area (Å²) in [6.45, 7) is 1.36. The second-order valence-corrected chi connectivity index (χ2v) is 1.92. The predicted octanol–water partition coefficient (Wildman–Crippen LogP) is -0.255. The van der Waals surface area contributed by atoms with Crippen LogP contribution in [0.5, 0.6) is 0 Å². The van der Waals surface area contributed by atoms with E-state index in [1.54, 1.807) is 0 Å². The van der Waals surface area contributed by atoms with Crippen molar-refractivity contribution < 1.29 is 14.3 Å². The second kappa shape index (κ2) is 6.12. The Bertz CT molecular complexity index is 133. The standard InChI is InChI=1S/C6H11NO3.ClH/c1-4(5(8)3-7)6(9)10-2;/h4H,3,7H2,1-2H3;1H. The summed E-state index contributed by atoms with van der Waals surface area (Å²) in [5.41, 5.74) is 5.01. The van der Waals surface area contributed by atoms with Crippen molar-refractivity contribution in [1.82, 2.24) is 0 Å². The minimum Gasteiger partial charge on any atom is -0.468 e. The number of Topliss-reactive ketones (excluding diaryl/α,β-unsaturated/α-hetero) is 1. The zero-order valence-corrected chi connectivity index (χ0v) is 7.31. The highest BCUT2D eigenvalue weighted by Gasteiger charge is 2.19. The molecule has 0 fully saturated rings. The van der Waals surface area contributed by atoms with Gasteiger partial charge >= 0.3 is 5.97 Å². The van der Waals surface area contributed by atoms with E-state index >= 15 is 0 Å². The molecule has 0 amide bonds. The summed E-state index contributed by atoms with van der Waals surface area (Å²) in [5, 5.41) is 0. The zero-order chi connectivity index (χ0) is 8.15. The van der Waals surface area contributed by atoms with Gasteiger partial charge < -0.3 is 10.5 Å². The Hall–Kier alpha value is -0.610. The van der Waals surface area contributed by atoms with Crippen LogP contribution in [0.2, 0.25) is 0 Å². The number of carbonyl (C=O) groups is 2. The van der Waals surface area contributed by atoms with Crippen LogP contribution in [0.4, 0.5) is 0 Å². The molecule has 11 heavy (non-hydrogen) atoms. The fraction of sp³-hybridized carbons (Fsp3) is 0.667. The minimum atomic E-state index is -0.727. The molecule has 0 spiro atoms. The topological polar surface area (TPSA) is 69.4 Å². The molecule has 66 valence electrons. The van der Waals surface area contributed by atoms with Gasteiger partial charge in [-0.2, -0.15) is 0 Å². The van der Waals surface area contributed by atoms with Gasteiger partial charge in [0.05, 0.1) is 13.7 Å². The molecule has 0 saturated carbocycles. The third kappa shape index (κ3) is 3.95. The highest BCUT2D eigenvalue weighted by atomic mass is 35.5. The summed E-state index contributed by atoms with van der Waals surface area (Å²) in [4.78, 5) is 21.3. The van der Waals surface area contributed by atoms with Crippen LogP contribution in [-0.4, -0.2) is 25.4 Å². The van der Waals surface area contributed by atoms with E-state index in [4.69, 9.17) is 5.73 Å². The van der Waals surface area contributed by atoms with Crippen LogP contribution in [0.3, 0.4) is 0 Å². The molecule has 0 aromatic carbocycles. The first kappa shape index (κ1) is 13.0. The second-order valence-electron chi connectivity index (χ2n) is 1.92. The molecule has 4 nitrogen and oxygen atoms in total. The lowest BCUT2D eigenvalue weighted by Gasteiger charge is -2.04. The molecule has 2 N–H and O–H groups in total. The Morgan fingerprint density at radius 1 is 1.55 bits per heavy atom. The monoisotopic (exact) mass is 181 g/mol. The van der Waals surface area contributed by atoms with Gasteiger partial charge in [0.15, 0.2) is 5.78 Å². The Kier molecular flexibility index (Phi) is 7.24. The maximum absolute atomic E-state index is 10.7. The summed E-state index contributed by atoms with van der Waals surface area (Å²) in [5.74, 6) is -1.56. The summed E-state index contributed by atoms with van der Waals surface area (Å²) in [6, 6.07) is 0. The maximum Gasteiger partial charge on any atom is 0.315 e. The van der Waals surface area contributed by atoms with E-state index in [2.05, 4.69) is 4.74 Å². The lowest BCUT2D eigenvalue weighted by molar-refractivity contribution is -0.148. The first-order chi connectivity index (χ1) is 4.63. The van der Waals surface area contributed by atoms with Gasteiger partial charge in [0, 0.05) is 0 Å². The van der Waals surface area contributed by atoms with Gasteiger partial charge in [-0.25, -0.2) is 0 Å². The quantitative estimate of drug-likeness (QED) is 0.481. The molecule has 1 atom stereocenters. The normalized spacial score (nSPS) is 11.2. The summed E-state index contributed by atoms with van der Waals surface area (Å²) in [6.07, 6.45) is 0. The number of ether oxygens (including phenoxy) is 1. The third-order valence-electron chi connectivity index (χ3n) is 1.24. The molecular formula is C6H12ClNO3. The molecule has 0 heterocycles. The van der Waals surface area contributed by atoms with E-state index < -0.39 is 11.9 Å². The predicted molar refractivity (Wildman–Crippen MR) is 42.5 cm³/mol. The van der Waals surface area contributed by atoms with Crippen molar-refractivity contribution in [2.24, 2.45) is 11.7 Å². The first-order valence-corrected chi connectivity index (χ1v) is 2.94. The van der Waals surface area contributed by atoms with Gasteiger partial charge in [-0.1, -0.05) is 0 Å². The SMILES string of the molecule is COC(=O)C(C)C(=O)CN.Cl. The minimum absolute atomic E-state index is 0. The lowest BCUT2D eigenvalue weighted by Crippen LogP contribution is -2.28. The van der Waals surface area contributed by atoms with Gasteiger partial charge in [0.2, 0.25) is 0 Å². The van der Waals surface area contributed by atoms with E-state index in [-0.39, 0.29) is 24.7 Å². The van der Waals surface area contributed by atoms with Gasteiger partial charge in [0.1, 0.15) is 5.92 Å². The van der Waals surface area contributed by atoms with Crippen LogP contribution < -0.4 is 5.73 Å². The van der Waals surface area contributed by atoms with Gasteiger partial charge in [0.25, 0.3) is 0 Å². The van der Waals surface area contributed by atoms with Crippen molar-refractivity contribution in [3.05, 3.63) is 0 Å². The van der Waals surface area contributed by atoms with Crippen molar-refractivity contribution in [2.45, 2.75) is 6.92 Å². The van der Waals surface area contributed by atoms with Crippen LogP contribution in [0.25, 0.3) is 0 Å². The molecule has 1 unspecified atom stereocenters. The number of ketones is 1. The highest BCUT2D eigenvalue weighted by molar-refractivity contribution is 5.99. The van der Waals surface area contributed by atoms with Crippen LogP contribution in [0.15, 0.2) is 0 Å². The van der Waals surface area contributed by atoms with E-state index in [9.17, 15) is 9.59 Å². The van der Waals surface area contributed by atoms with Crippen molar-refractivity contribution >= 4 is 24.2 Å². The smallest absolute Gasteiger partial charge is 0.315 e. The maximum atomic E-state index is 10.7. The Morgan fingerprint density at radius 3 is 2.27 bits per heavy atom. The number of hydrogen-bond acceptors (Lipinski definition) is 4. The fourth-order valence-electron chi connectivity index (χ4n) is 0.485. The number of rotatable bonds is 3. The molecule has 0 aromatic heterocycles. The van der Waals surface area contributed by atoms with Crippen molar-refractivity contribution in [3.63, 3.8) is 0 Å². The summed E-state index contributed by atoms with van der Waals surface area (Å²) in [7, 11) is 1.24. The van der Waals surface area contributed by atoms with Crippen LogP contribution in [0, 0.1) is 5.92 Å². The first-order valence-electron chi connectivity index (χ1n) is 2.94. The van der Waals surface area contributed by atoms with Crippen LogP contribution in [-0.2, 0) is 14.3 Å². The molecule has 0 bridgehead atoms. The fourth-order valence-corrected chi connectivity index (χ4v) is 0.485.